The summed E-state index contributed by atoms with van der Waals surface area (Å²) in [7, 11) is 0. The molecule has 16 heavy (non-hydrogen) atoms. The van der Waals surface area contributed by atoms with Gasteiger partial charge in [-0.2, -0.15) is 5.10 Å². The van der Waals surface area contributed by atoms with Gasteiger partial charge in [0.2, 0.25) is 0 Å². The molecule has 1 heterocycles. The van der Waals surface area contributed by atoms with Gasteiger partial charge in [-0.05, 0) is 45.2 Å². The van der Waals surface area contributed by atoms with E-state index in [4.69, 9.17) is 0 Å². The van der Waals surface area contributed by atoms with E-state index in [1.807, 2.05) is 0 Å². The van der Waals surface area contributed by atoms with Crippen molar-refractivity contribution in [2.24, 2.45) is 5.92 Å². The summed E-state index contributed by atoms with van der Waals surface area (Å²) in [6, 6.07) is 2.76. The van der Waals surface area contributed by atoms with Crippen molar-refractivity contribution in [1.29, 1.82) is 0 Å². The quantitative estimate of drug-likeness (QED) is 0.828. The summed E-state index contributed by atoms with van der Waals surface area (Å²) in [4.78, 5) is 0. The van der Waals surface area contributed by atoms with Gasteiger partial charge in [0.15, 0.2) is 0 Å². The van der Waals surface area contributed by atoms with Gasteiger partial charge in [-0.25, -0.2) is 0 Å². The molecule has 0 aliphatic heterocycles. The van der Waals surface area contributed by atoms with Crippen molar-refractivity contribution in [3.63, 3.8) is 0 Å². The fourth-order valence-corrected chi connectivity index (χ4v) is 2.57. The summed E-state index contributed by atoms with van der Waals surface area (Å²) in [5.41, 5.74) is 2.52. The molecule has 1 atom stereocenters. The Bertz CT molecular complexity index is 339. The Labute approximate surface area is 98.2 Å². The zero-order valence-corrected chi connectivity index (χ0v) is 10.7. The van der Waals surface area contributed by atoms with Gasteiger partial charge in [-0.3, -0.25) is 4.68 Å². The molecule has 1 fully saturated rings. The van der Waals surface area contributed by atoms with Crippen LogP contribution in [0.4, 0.5) is 0 Å². The minimum Gasteiger partial charge on any atom is -0.309 e. The molecule has 1 aliphatic carbocycles. The van der Waals surface area contributed by atoms with Gasteiger partial charge in [0.25, 0.3) is 0 Å². The number of rotatable bonds is 5. The number of nitrogens with zero attached hydrogens (tertiary/aromatic N) is 2. The third kappa shape index (κ3) is 2.14. The third-order valence-electron chi connectivity index (χ3n) is 3.60. The van der Waals surface area contributed by atoms with Crippen LogP contribution in [0.25, 0.3) is 0 Å². The second-order valence-corrected chi connectivity index (χ2v) is 4.75. The lowest BCUT2D eigenvalue weighted by Gasteiger charge is -2.34. The zero-order chi connectivity index (χ0) is 11.5. The van der Waals surface area contributed by atoms with Crippen LogP contribution >= 0.6 is 0 Å². The summed E-state index contributed by atoms with van der Waals surface area (Å²) in [6.45, 7) is 8.44. The van der Waals surface area contributed by atoms with Crippen molar-refractivity contribution in [3.8, 4) is 0 Å². The first kappa shape index (κ1) is 11.6. The Balaban J connectivity index is 2.22. The van der Waals surface area contributed by atoms with Gasteiger partial charge in [-0.1, -0.05) is 13.3 Å². The zero-order valence-electron chi connectivity index (χ0n) is 10.7. The van der Waals surface area contributed by atoms with Crippen LogP contribution in [0, 0.1) is 12.8 Å². The standard InChI is InChI=1S/C13H23N3/c1-4-14-13(11-7-6-8-11)12-9-10(3)15-16(12)5-2/h9,11,13-14H,4-8H2,1-3H3. The monoisotopic (exact) mass is 221 g/mol. The lowest BCUT2D eigenvalue weighted by molar-refractivity contribution is 0.224. The highest BCUT2D eigenvalue weighted by Crippen LogP contribution is 2.37. The van der Waals surface area contributed by atoms with Crippen LogP contribution in [0.2, 0.25) is 0 Å². The Morgan fingerprint density at radius 1 is 1.50 bits per heavy atom. The fraction of sp³-hybridized carbons (Fsp3) is 0.769. The van der Waals surface area contributed by atoms with Gasteiger partial charge < -0.3 is 5.32 Å². The van der Waals surface area contributed by atoms with E-state index in [-0.39, 0.29) is 0 Å². The molecule has 1 N–H and O–H groups in total. The fourth-order valence-electron chi connectivity index (χ4n) is 2.57. The molecule has 3 heteroatoms. The molecule has 0 bridgehead atoms. The second-order valence-electron chi connectivity index (χ2n) is 4.75. The summed E-state index contributed by atoms with van der Waals surface area (Å²) < 4.78 is 2.15. The molecule has 1 saturated carbocycles. The maximum atomic E-state index is 4.55. The molecular weight excluding hydrogens is 198 g/mol. The Kier molecular flexibility index (Phi) is 3.64. The van der Waals surface area contributed by atoms with Crippen LogP contribution in [0.3, 0.4) is 0 Å². The summed E-state index contributed by atoms with van der Waals surface area (Å²) in [6.07, 6.45) is 4.13. The molecule has 3 nitrogen and oxygen atoms in total. The minimum atomic E-state index is 0.514. The van der Waals surface area contributed by atoms with Gasteiger partial charge in [0.05, 0.1) is 17.4 Å². The summed E-state index contributed by atoms with van der Waals surface area (Å²) >= 11 is 0. The molecule has 2 rings (SSSR count). The highest BCUT2D eigenvalue weighted by atomic mass is 15.3. The lowest BCUT2D eigenvalue weighted by Crippen LogP contribution is -2.33. The normalized spacial score (nSPS) is 18.4. The van der Waals surface area contributed by atoms with Crippen LogP contribution in [0.5, 0.6) is 0 Å². The first-order valence-corrected chi connectivity index (χ1v) is 6.54. The first-order chi connectivity index (χ1) is 7.76. The molecule has 0 saturated heterocycles. The van der Waals surface area contributed by atoms with Crippen LogP contribution in [0.15, 0.2) is 6.07 Å². The van der Waals surface area contributed by atoms with Crippen LogP contribution in [-0.2, 0) is 6.54 Å². The van der Waals surface area contributed by atoms with E-state index >= 15 is 0 Å². The number of aromatic nitrogens is 2. The van der Waals surface area contributed by atoms with E-state index in [9.17, 15) is 0 Å². The van der Waals surface area contributed by atoms with E-state index in [0.29, 0.717) is 6.04 Å². The van der Waals surface area contributed by atoms with E-state index in [1.165, 1.54) is 25.0 Å². The Hall–Kier alpha value is -0.830. The molecule has 1 aromatic rings. The third-order valence-corrected chi connectivity index (χ3v) is 3.60. The second kappa shape index (κ2) is 5.00. The van der Waals surface area contributed by atoms with Crippen molar-refractivity contribution in [1.82, 2.24) is 15.1 Å². The maximum absolute atomic E-state index is 4.55. The van der Waals surface area contributed by atoms with Crippen LogP contribution in [0.1, 0.15) is 50.5 Å². The SMILES string of the molecule is CCNC(c1cc(C)nn1CC)C1CCC1. The van der Waals surface area contributed by atoms with Crippen LogP contribution < -0.4 is 5.32 Å². The topological polar surface area (TPSA) is 29.9 Å². The molecule has 0 radical (unpaired) electrons. The minimum absolute atomic E-state index is 0.514. The van der Waals surface area contributed by atoms with Crippen molar-refractivity contribution in [3.05, 3.63) is 17.5 Å². The predicted molar refractivity (Wildman–Crippen MR) is 66.4 cm³/mol. The first-order valence-electron chi connectivity index (χ1n) is 6.54. The Morgan fingerprint density at radius 3 is 2.75 bits per heavy atom. The average molecular weight is 221 g/mol. The van der Waals surface area contributed by atoms with Crippen LogP contribution in [-0.4, -0.2) is 16.3 Å². The van der Waals surface area contributed by atoms with E-state index in [1.54, 1.807) is 0 Å². The number of aryl methyl sites for hydroxylation is 2. The predicted octanol–water partition coefficient (Wildman–Crippen LogP) is 2.66. The van der Waals surface area contributed by atoms with Gasteiger partial charge in [0.1, 0.15) is 0 Å². The summed E-state index contributed by atoms with van der Waals surface area (Å²) in [5.74, 6) is 0.821. The molecule has 1 aliphatic rings. The van der Waals surface area contributed by atoms with Gasteiger partial charge >= 0.3 is 0 Å². The smallest absolute Gasteiger partial charge is 0.0597 e. The van der Waals surface area contributed by atoms with Gasteiger partial charge in [-0.15, -0.1) is 0 Å². The molecule has 0 amide bonds. The largest absolute Gasteiger partial charge is 0.309 e. The van der Waals surface area contributed by atoms with Gasteiger partial charge in [0, 0.05) is 6.54 Å². The summed E-state index contributed by atoms with van der Waals surface area (Å²) in [5, 5.41) is 8.18. The molecular formula is C13H23N3. The Morgan fingerprint density at radius 2 is 2.25 bits per heavy atom. The highest BCUT2D eigenvalue weighted by Gasteiger charge is 2.30. The molecule has 90 valence electrons. The molecule has 1 aromatic heterocycles. The van der Waals surface area contributed by atoms with Crippen molar-refractivity contribution < 1.29 is 0 Å². The number of nitrogens with one attached hydrogen (secondary N) is 1. The molecule has 0 spiro atoms. The van der Waals surface area contributed by atoms with Crippen molar-refractivity contribution in [2.75, 3.05) is 6.54 Å². The van der Waals surface area contributed by atoms with Crippen molar-refractivity contribution in [2.45, 2.75) is 52.6 Å². The molecule has 1 unspecified atom stereocenters. The number of hydrogen-bond donors (Lipinski definition) is 1. The average Bonchev–Trinajstić information content (AvgIpc) is 2.56. The van der Waals surface area contributed by atoms with E-state index in [2.05, 4.69) is 41.9 Å². The maximum Gasteiger partial charge on any atom is 0.0597 e. The highest BCUT2D eigenvalue weighted by molar-refractivity contribution is 5.15. The van der Waals surface area contributed by atoms with E-state index < -0.39 is 0 Å². The van der Waals surface area contributed by atoms with E-state index in [0.717, 1.165) is 24.7 Å². The molecule has 0 aromatic carbocycles. The van der Waals surface area contributed by atoms with Crippen molar-refractivity contribution >= 4 is 0 Å². The lowest BCUT2D eigenvalue weighted by atomic mass is 9.78. The number of hydrogen-bond acceptors (Lipinski definition) is 2.